The van der Waals surface area contributed by atoms with Gasteiger partial charge in [0.15, 0.2) is 28.9 Å². The molecule has 0 amide bonds. The van der Waals surface area contributed by atoms with Crippen LogP contribution in [0.1, 0.15) is 97.3 Å². The summed E-state index contributed by atoms with van der Waals surface area (Å²) in [6, 6.07) is 16.4. The molecule has 3 aliphatic rings. The second-order valence-corrected chi connectivity index (χ2v) is 19.1. The fourth-order valence-electron chi connectivity index (χ4n) is 7.49. The van der Waals surface area contributed by atoms with Crippen molar-refractivity contribution in [3.63, 3.8) is 0 Å². The van der Waals surface area contributed by atoms with Crippen LogP contribution in [-0.2, 0) is 30.4 Å². The Bertz CT molecular complexity index is 3770. The van der Waals surface area contributed by atoms with Crippen molar-refractivity contribution in [3.8, 4) is 17.2 Å². The predicted octanol–water partition coefficient (Wildman–Crippen LogP) is 3.54. The summed E-state index contributed by atoms with van der Waals surface area (Å²) in [4.78, 5) is 98.8. The third-order valence-corrected chi connectivity index (χ3v) is 14.3. The van der Waals surface area contributed by atoms with Gasteiger partial charge in [0.05, 0.1) is 22.3 Å². The van der Waals surface area contributed by atoms with Gasteiger partial charge in [0.1, 0.15) is 33.9 Å². The molecule has 3 aliphatic carbocycles. The van der Waals surface area contributed by atoms with Crippen molar-refractivity contribution in [3.05, 3.63) is 158 Å². The maximum absolute atomic E-state index is 14.6. The van der Waals surface area contributed by atoms with Crippen molar-refractivity contribution in [1.82, 2.24) is 0 Å². The minimum Gasteiger partial charge on any atom is -0.375 e. The van der Waals surface area contributed by atoms with E-state index in [1.54, 1.807) is 0 Å². The number of ketones is 7. The van der Waals surface area contributed by atoms with Crippen LogP contribution in [0.15, 0.2) is 112 Å². The van der Waals surface area contributed by atoms with E-state index in [1.807, 2.05) is 0 Å². The van der Waals surface area contributed by atoms with Gasteiger partial charge in [0.2, 0.25) is 11.5 Å². The molecule has 0 N–H and O–H groups in total. The van der Waals surface area contributed by atoms with E-state index in [4.69, 9.17) is 12.5 Å². The van der Waals surface area contributed by atoms with Gasteiger partial charge in [-0.1, -0.05) is 48.5 Å². The summed E-state index contributed by atoms with van der Waals surface area (Å²) in [7, 11) is -16.9. The number of hydrogen-bond donors (Lipinski definition) is 0. The van der Waals surface area contributed by atoms with Crippen LogP contribution in [0.4, 0.5) is 0 Å². The second kappa shape index (κ2) is 16.9. The van der Waals surface area contributed by atoms with Gasteiger partial charge >= 0.3 is 47.5 Å². The second-order valence-electron chi connectivity index (χ2n) is 14.5. The zero-order valence-corrected chi connectivity index (χ0v) is 36.2. The summed E-state index contributed by atoms with van der Waals surface area (Å²) in [5.74, 6) is -11.9. The van der Waals surface area contributed by atoms with Crippen LogP contribution in [0.3, 0.4) is 0 Å². The Balaban J connectivity index is 1.39. The summed E-state index contributed by atoms with van der Waals surface area (Å²) in [6.45, 7) is 0. The van der Waals surface area contributed by atoms with Gasteiger partial charge in [-0.3, -0.25) is 33.6 Å². The first-order chi connectivity index (χ1) is 32.2. The van der Waals surface area contributed by atoms with Crippen molar-refractivity contribution >= 4 is 88.0 Å². The topological polar surface area (TPSA) is 359 Å². The molecule has 5 aromatic rings. The summed E-state index contributed by atoms with van der Waals surface area (Å²) >= 11 is 0. The highest BCUT2D eigenvalue weighted by molar-refractivity contribution is 7.88. The molecule has 0 radical (unpaired) electrons. The molecule has 8 rings (SSSR count). The van der Waals surface area contributed by atoms with Crippen molar-refractivity contribution in [2.45, 2.75) is 33.9 Å². The molecule has 25 heteroatoms. The Kier molecular flexibility index (Phi) is 11.3. The number of rotatable bonds is 11. The molecule has 338 valence electrons. The monoisotopic (exact) mass is 974 g/mol. The molecule has 0 unspecified atom stereocenters. The van der Waals surface area contributed by atoms with Crippen molar-refractivity contribution in [2.24, 2.45) is 0 Å². The molecule has 0 aromatic heterocycles. The highest BCUT2D eigenvalue weighted by Crippen LogP contribution is 2.46. The lowest BCUT2D eigenvalue weighted by molar-refractivity contribution is -0.00925. The van der Waals surface area contributed by atoms with Crippen LogP contribution in [0, 0.1) is 0 Å². The van der Waals surface area contributed by atoms with Gasteiger partial charge in [-0.25, -0.2) is 0 Å². The Morgan fingerprint density at radius 2 is 0.809 bits per heavy atom. The largest absolute Gasteiger partial charge is 0.375 e. The number of carbonyl (C=O) groups excluding carboxylic acids is 7. The third kappa shape index (κ3) is 7.69. The average molecular weight is 975 g/mol. The normalized spacial score (nSPS) is 14.8. The molecule has 0 saturated carbocycles. The molecule has 22 nitrogen and oxygen atoms in total. The van der Waals surface area contributed by atoms with E-state index in [9.17, 15) is 75.4 Å². The molecule has 0 atom stereocenters. The van der Waals surface area contributed by atoms with Gasteiger partial charge < -0.3 is 29.1 Å². The van der Waals surface area contributed by atoms with E-state index in [0.29, 0.717) is 6.07 Å². The van der Waals surface area contributed by atoms with Crippen LogP contribution in [0.2, 0.25) is 0 Å². The van der Waals surface area contributed by atoms with E-state index in [0.717, 1.165) is 60.7 Å². The van der Waals surface area contributed by atoms with Crippen molar-refractivity contribution in [1.29, 1.82) is 0 Å². The lowest BCUT2D eigenvalue weighted by Gasteiger charge is -2.21. The first-order valence-electron chi connectivity index (χ1n) is 19.1. The van der Waals surface area contributed by atoms with Gasteiger partial charge in [-0.15, -0.1) is 0 Å². The molecular weight excluding hydrogens is 953 g/mol. The molecule has 0 spiro atoms. The van der Waals surface area contributed by atoms with E-state index in [2.05, 4.69) is 14.4 Å². The molecule has 0 fully saturated rings. The van der Waals surface area contributed by atoms with E-state index < -0.39 is 178 Å². The number of hydrogen-bond acceptors (Lipinski definition) is 16. The summed E-state index contributed by atoms with van der Waals surface area (Å²) in [5.41, 5.74) is 20.8. The molecule has 0 heterocycles. The van der Waals surface area contributed by atoms with E-state index >= 15 is 0 Å². The zero-order valence-electron chi connectivity index (χ0n) is 33.8. The first kappa shape index (κ1) is 45.7. The van der Waals surface area contributed by atoms with Gasteiger partial charge in [0, 0.05) is 22.3 Å². The quantitative estimate of drug-likeness (QED) is 0.0790. The van der Waals surface area contributed by atoms with Gasteiger partial charge in [-0.2, -0.15) is 39.6 Å². The number of Topliss-reactive ketones (excluding diaryl/α,β-unsaturated/α-hetero) is 6. The lowest BCUT2D eigenvalue weighted by Crippen LogP contribution is -2.31. The Labute approximate surface area is 381 Å². The van der Waals surface area contributed by atoms with Gasteiger partial charge in [0.25, 0.3) is 17.3 Å². The van der Waals surface area contributed by atoms with Gasteiger partial charge in [-0.05, 0) is 48.5 Å². The predicted molar refractivity (Wildman–Crippen MR) is 225 cm³/mol. The molecule has 0 aliphatic heterocycles. The standard InChI is InChI=1S/C43H22N6O16S3/c44-47-25-17-28(50)35-21(39(25)54)9-4-12-32(35)66(57,58)63-31-16-15-24(38(53)20-7-2-1-3-8-20)42(64-67(59,60)33-13-5-10-22-36(33)29(51)18-26(48-45)40(22)55)43(31)65-68(61,62)34-14-6-11-23-37(34)30(52)19-27(49-46)41(23)56/h1-16H,17-19H2. The van der Waals surface area contributed by atoms with E-state index in [-0.39, 0.29) is 5.56 Å². The summed E-state index contributed by atoms with van der Waals surface area (Å²) < 4.78 is 103. The van der Waals surface area contributed by atoms with Crippen LogP contribution in [-0.4, -0.2) is 97.2 Å². The Hall–Kier alpha value is -8.82. The van der Waals surface area contributed by atoms with Crippen molar-refractivity contribution < 1.29 is 85.7 Å². The number of carbonyl (C=O) groups is 7. The number of benzene rings is 5. The molecular formula is C43H22N6O16S3. The van der Waals surface area contributed by atoms with Crippen LogP contribution >= 0.6 is 0 Å². The van der Waals surface area contributed by atoms with Crippen LogP contribution < -0.4 is 12.5 Å². The van der Waals surface area contributed by atoms with Crippen LogP contribution in [0.5, 0.6) is 17.2 Å². The van der Waals surface area contributed by atoms with E-state index in [1.165, 1.54) is 30.3 Å². The minimum absolute atomic E-state index is 0.217. The molecule has 5 aromatic carbocycles. The lowest BCUT2D eigenvalue weighted by atomic mass is 9.88. The molecule has 0 bridgehead atoms. The number of fused-ring (bicyclic) bond motifs is 3. The molecule has 0 saturated heterocycles. The maximum atomic E-state index is 14.6. The highest BCUT2D eigenvalue weighted by Gasteiger charge is 2.44. The molecule has 68 heavy (non-hydrogen) atoms. The Morgan fingerprint density at radius 3 is 1.19 bits per heavy atom. The fraction of sp³-hybridized carbons (Fsp3) is 0.0698. The Morgan fingerprint density at radius 1 is 0.441 bits per heavy atom. The fourth-order valence-corrected chi connectivity index (χ4v) is 11.0. The summed E-state index contributed by atoms with van der Waals surface area (Å²) in [5, 5.41) is 0. The maximum Gasteiger partial charge on any atom is 0.347 e. The SMILES string of the molecule is [N-]=[N+]=C1CC(=O)c2c(cccc2S(=O)(=O)Oc2ccc(C(=O)c3ccccc3)c(OS(=O)(=O)c3cccc4c3C(=O)CC(=[N+]=[N-])C4=O)c2OS(=O)(=O)c2cccc3c2C(=O)CC(=[N+]=[N-])C3=O)C1=O. The third-order valence-electron chi connectivity index (χ3n) is 10.5. The average Bonchev–Trinajstić information content (AvgIpc) is 3.32. The number of nitrogens with zero attached hydrogens (tertiary/aromatic N) is 6. The smallest absolute Gasteiger partial charge is 0.347 e. The van der Waals surface area contributed by atoms with Crippen LogP contribution in [0.25, 0.3) is 16.6 Å². The van der Waals surface area contributed by atoms with Crippen molar-refractivity contribution in [2.75, 3.05) is 0 Å². The minimum atomic E-state index is -5.71. The highest BCUT2D eigenvalue weighted by atomic mass is 32.2. The first-order valence-corrected chi connectivity index (χ1v) is 23.3. The summed E-state index contributed by atoms with van der Waals surface area (Å²) in [6.07, 6.45) is -2.70. The zero-order chi connectivity index (χ0) is 49.0.